The van der Waals surface area contributed by atoms with Crippen LogP contribution in [0.5, 0.6) is 11.5 Å². The van der Waals surface area contributed by atoms with Crippen molar-refractivity contribution in [3.8, 4) is 11.5 Å². The van der Waals surface area contributed by atoms with Crippen LogP contribution < -0.4 is 20.1 Å². The SMILES string of the molecule is COc1ccc(C(=O)Nc2nc(CC(=O)Nc3cccc(Cl)c3C)cs2)cc1OC. The van der Waals surface area contributed by atoms with E-state index in [1.165, 1.54) is 25.6 Å². The number of benzene rings is 2. The zero-order chi connectivity index (χ0) is 21.7. The van der Waals surface area contributed by atoms with Crippen LogP contribution in [0.4, 0.5) is 10.8 Å². The molecule has 0 aliphatic carbocycles. The van der Waals surface area contributed by atoms with Crippen molar-refractivity contribution in [3.05, 3.63) is 63.6 Å². The number of amides is 2. The van der Waals surface area contributed by atoms with Crippen molar-refractivity contribution in [2.24, 2.45) is 0 Å². The minimum absolute atomic E-state index is 0.0781. The summed E-state index contributed by atoms with van der Waals surface area (Å²) in [6.07, 6.45) is 0.0781. The van der Waals surface area contributed by atoms with E-state index >= 15 is 0 Å². The van der Waals surface area contributed by atoms with E-state index in [0.29, 0.717) is 38.6 Å². The number of nitrogens with one attached hydrogen (secondary N) is 2. The van der Waals surface area contributed by atoms with Gasteiger partial charge in [-0.05, 0) is 42.8 Å². The zero-order valence-corrected chi connectivity index (χ0v) is 18.2. The molecule has 0 spiro atoms. The molecular formula is C21H20ClN3O4S. The molecule has 7 nitrogen and oxygen atoms in total. The lowest BCUT2D eigenvalue weighted by molar-refractivity contribution is -0.115. The van der Waals surface area contributed by atoms with Crippen LogP contribution in [0, 0.1) is 6.92 Å². The van der Waals surface area contributed by atoms with Crippen LogP contribution in [-0.2, 0) is 11.2 Å². The fourth-order valence-electron chi connectivity index (χ4n) is 2.69. The third-order valence-corrected chi connectivity index (χ3v) is 5.52. The first-order chi connectivity index (χ1) is 14.4. The molecule has 1 aromatic heterocycles. The Bertz CT molecular complexity index is 1080. The molecule has 3 aromatic rings. The number of thiazole rings is 1. The Morgan fingerprint density at radius 3 is 2.60 bits per heavy atom. The lowest BCUT2D eigenvalue weighted by Crippen LogP contribution is -2.16. The number of methoxy groups -OCH3 is 2. The van der Waals surface area contributed by atoms with E-state index in [2.05, 4.69) is 15.6 Å². The number of anilines is 2. The van der Waals surface area contributed by atoms with Gasteiger partial charge in [0, 0.05) is 21.7 Å². The molecular weight excluding hydrogens is 426 g/mol. The van der Waals surface area contributed by atoms with Crippen LogP contribution >= 0.6 is 22.9 Å². The number of carbonyl (C=O) groups is 2. The van der Waals surface area contributed by atoms with Crippen LogP contribution in [-0.4, -0.2) is 31.0 Å². The molecule has 0 fully saturated rings. The molecule has 0 saturated heterocycles. The van der Waals surface area contributed by atoms with Gasteiger partial charge in [0.05, 0.1) is 26.3 Å². The lowest BCUT2D eigenvalue weighted by atomic mass is 10.2. The van der Waals surface area contributed by atoms with Gasteiger partial charge >= 0.3 is 0 Å². The molecule has 2 N–H and O–H groups in total. The third-order valence-electron chi connectivity index (χ3n) is 4.30. The summed E-state index contributed by atoms with van der Waals surface area (Å²) in [5, 5.41) is 8.27. The summed E-state index contributed by atoms with van der Waals surface area (Å²) >= 11 is 7.32. The maximum Gasteiger partial charge on any atom is 0.257 e. The largest absolute Gasteiger partial charge is 0.493 e. The summed E-state index contributed by atoms with van der Waals surface area (Å²) in [6, 6.07) is 10.2. The van der Waals surface area contributed by atoms with E-state index in [1.807, 2.05) is 6.92 Å². The summed E-state index contributed by atoms with van der Waals surface area (Å²) in [5.74, 6) is 0.434. The molecule has 2 amide bonds. The first-order valence-electron chi connectivity index (χ1n) is 8.94. The second-order valence-electron chi connectivity index (χ2n) is 6.31. The summed E-state index contributed by atoms with van der Waals surface area (Å²) in [4.78, 5) is 29.1. The van der Waals surface area contributed by atoms with Gasteiger partial charge < -0.3 is 14.8 Å². The fourth-order valence-corrected chi connectivity index (χ4v) is 3.57. The smallest absolute Gasteiger partial charge is 0.257 e. The molecule has 2 aromatic carbocycles. The first kappa shape index (κ1) is 21.6. The Kier molecular flexibility index (Phi) is 6.91. The van der Waals surface area contributed by atoms with Crippen molar-refractivity contribution in [3.63, 3.8) is 0 Å². The number of hydrogen-bond donors (Lipinski definition) is 2. The minimum atomic E-state index is -0.337. The highest BCUT2D eigenvalue weighted by Crippen LogP contribution is 2.28. The van der Waals surface area contributed by atoms with Crippen LogP contribution in [0.15, 0.2) is 41.8 Å². The lowest BCUT2D eigenvalue weighted by Gasteiger charge is -2.09. The second kappa shape index (κ2) is 9.60. The summed E-state index contributed by atoms with van der Waals surface area (Å²) in [6.45, 7) is 1.84. The van der Waals surface area contributed by atoms with Gasteiger partial charge in [0.25, 0.3) is 5.91 Å². The average Bonchev–Trinajstić information content (AvgIpc) is 3.17. The summed E-state index contributed by atoms with van der Waals surface area (Å²) < 4.78 is 10.4. The highest BCUT2D eigenvalue weighted by molar-refractivity contribution is 7.14. The normalized spacial score (nSPS) is 10.4. The van der Waals surface area contributed by atoms with Crippen molar-refractivity contribution >= 4 is 45.6 Å². The van der Waals surface area contributed by atoms with Gasteiger partial charge in [-0.25, -0.2) is 4.98 Å². The number of carbonyl (C=O) groups excluding carboxylic acids is 2. The van der Waals surface area contributed by atoms with Crippen LogP contribution in [0.3, 0.4) is 0 Å². The van der Waals surface area contributed by atoms with E-state index in [9.17, 15) is 9.59 Å². The highest BCUT2D eigenvalue weighted by atomic mass is 35.5. The Hall–Kier alpha value is -3.10. The Morgan fingerprint density at radius 2 is 1.87 bits per heavy atom. The predicted molar refractivity (Wildman–Crippen MR) is 118 cm³/mol. The highest BCUT2D eigenvalue weighted by Gasteiger charge is 2.14. The van der Waals surface area contributed by atoms with Crippen LogP contribution in [0.1, 0.15) is 21.6 Å². The maximum absolute atomic E-state index is 12.5. The average molecular weight is 446 g/mol. The molecule has 0 radical (unpaired) electrons. The van der Waals surface area contributed by atoms with Crippen molar-refractivity contribution in [1.82, 2.24) is 4.98 Å². The van der Waals surface area contributed by atoms with Crippen LogP contribution in [0.2, 0.25) is 5.02 Å². The van der Waals surface area contributed by atoms with E-state index in [0.717, 1.165) is 5.56 Å². The molecule has 0 atom stereocenters. The van der Waals surface area contributed by atoms with Crippen molar-refractivity contribution in [2.75, 3.05) is 24.9 Å². The standard InChI is InChI=1S/C21H20ClN3O4S/c1-12-15(22)5-4-6-16(12)24-19(26)10-14-11-30-21(23-14)25-20(27)13-7-8-17(28-2)18(9-13)29-3/h4-9,11H,10H2,1-3H3,(H,24,26)(H,23,25,27). The zero-order valence-electron chi connectivity index (χ0n) is 16.6. The number of nitrogens with zero attached hydrogens (tertiary/aromatic N) is 1. The van der Waals surface area contributed by atoms with Gasteiger partial charge in [-0.3, -0.25) is 14.9 Å². The van der Waals surface area contributed by atoms with Gasteiger partial charge in [0.1, 0.15) is 0 Å². The Labute approximate surface area is 183 Å². The van der Waals surface area contributed by atoms with E-state index < -0.39 is 0 Å². The number of halogens is 1. The molecule has 0 bridgehead atoms. The molecule has 30 heavy (non-hydrogen) atoms. The molecule has 0 saturated carbocycles. The van der Waals surface area contributed by atoms with Gasteiger partial charge in [-0.15, -0.1) is 11.3 Å². The number of aromatic nitrogens is 1. The minimum Gasteiger partial charge on any atom is -0.493 e. The first-order valence-corrected chi connectivity index (χ1v) is 10.2. The topological polar surface area (TPSA) is 89.5 Å². The number of rotatable bonds is 7. The second-order valence-corrected chi connectivity index (χ2v) is 7.57. The quantitative estimate of drug-likeness (QED) is 0.556. The number of ether oxygens (including phenoxy) is 2. The Morgan fingerprint density at radius 1 is 1.10 bits per heavy atom. The van der Waals surface area contributed by atoms with Crippen molar-refractivity contribution in [2.45, 2.75) is 13.3 Å². The summed E-state index contributed by atoms with van der Waals surface area (Å²) in [5.41, 5.74) is 2.41. The summed E-state index contributed by atoms with van der Waals surface area (Å²) in [7, 11) is 3.03. The monoisotopic (exact) mass is 445 g/mol. The van der Waals surface area contributed by atoms with Gasteiger partial charge in [0.15, 0.2) is 16.6 Å². The van der Waals surface area contributed by atoms with E-state index in [-0.39, 0.29) is 18.2 Å². The van der Waals surface area contributed by atoms with Crippen molar-refractivity contribution in [1.29, 1.82) is 0 Å². The molecule has 1 heterocycles. The molecule has 156 valence electrons. The molecule has 0 unspecified atom stereocenters. The van der Waals surface area contributed by atoms with Gasteiger partial charge in [-0.1, -0.05) is 17.7 Å². The van der Waals surface area contributed by atoms with E-state index in [1.54, 1.807) is 41.8 Å². The molecule has 9 heteroatoms. The van der Waals surface area contributed by atoms with Crippen molar-refractivity contribution < 1.29 is 19.1 Å². The van der Waals surface area contributed by atoms with Crippen LogP contribution in [0.25, 0.3) is 0 Å². The Balaban J connectivity index is 1.63. The van der Waals surface area contributed by atoms with E-state index in [4.69, 9.17) is 21.1 Å². The molecule has 0 aliphatic rings. The predicted octanol–water partition coefficient (Wildman–Crippen LogP) is 4.56. The third kappa shape index (κ3) is 5.08. The molecule has 0 aliphatic heterocycles. The van der Waals surface area contributed by atoms with Gasteiger partial charge in [-0.2, -0.15) is 0 Å². The molecule has 3 rings (SSSR count). The maximum atomic E-state index is 12.5. The van der Waals surface area contributed by atoms with Gasteiger partial charge in [0.2, 0.25) is 5.91 Å². The number of hydrogen-bond acceptors (Lipinski definition) is 6. The fraction of sp³-hybridized carbons (Fsp3) is 0.190.